The van der Waals surface area contributed by atoms with Gasteiger partial charge in [-0.05, 0) is 31.6 Å². The number of likely N-dealkylation sites (tertiary alicyclic amines) is 1. The topological polar surface area (TPSA) is 83.9 Å². The van der Waals surface area contributed by atoms with E-state index in [1.54, 1.807) is 0 Å². The summed E-state index contributed by atoms with van der Waals surface area (Å²) in [6.45, 7) is 1.71. The minimum atomic E-state index is -1.15. The molecule has 0 aromatic rings. The van der Waals surface area contributed by atoms with Crippen molar-refractivity contribution in [2.75, 3.05) is 13.2 Å². The van der Waals surface area contributed by atoms with Crippen LogP contribution in [0.15, 0.2) is 12.2 Å². The summed E-state index contributed by atoms with van der Waals surface area (Å²) in [6.07, 6.45) is 4.29. The zero-order valence-electron chi connectivity index (χ0n) is 11.9. The van der Waals surface area contributed by atoms with E-state index in [-0.39, 0.29) is 48.6 Å². The highest BCUT2D eigenvalue weighted by Gasteiger charge is 2.58. The number of hydrogen-bond acceptors (Lipinski definition) is 5. The molecule has 21 heavy (non-hydrogen) atoms. The van der Waals surface area contributed by atoms with Crippen LogP contribution in [0.25, 0.3) is 0 Å². The molecule has 114 valence electrons. The highest BCUT2D eigenvalue weighted by atomic mass is 16.5. The third-order valence-electron chi connectivity index (χ3n) is 4.67. The molecule has 5 atom stereocenters. The van der Waals surface area contributed by atoms with Crippen molar-refractivity contribution in [3.05, 3.63) is 12.2 Å². The number of esters is 1. The van der Waals surface area contributed by atoms with Crippen molar-refractivity contribution in [3.8, 4) is 0 Å². The molecule has 2 fully saturated rings. The highest BCUT2D eigenvalue weighted by molar-refractivity contribution is 6.06. The van der Waals surface area contributed by atoms with Crippen molar-refractivity contribution in [2.24, 2.45) is 23.7 Å². The zero-order valence-corrected chi connectivity index (χ0v) is 11.9. The lowest BCUT2D eigenvalue weighted by molar-refractivity contribution is -0.152. The molecule has 0 aromatic carbocycles. The number of carbonyl (C=O) groups excluding carboxylic acids is 3. The zero-order chi connectivity index (χ0) is 15.1. The summed E-state index contributed by atoms with van der Waals surface area (Å²) in [5.41, 5.74) is 0. The van der Waals surface area contributed by atoms with Crippen molar-refractivity contribution in [1.29, 1.82) is 0 Å². The number of ether oxygens (including phenoxy) is 1. The maximum Gasteiger partial charge on any atom is 0.334 e. The van der Waals surface area contributed by atoms with Gasteiger partial charge in [0.15, 0.2) is 0 Å². The molecular formula is C15H19NO5. The first-order valence-electron chi connectivity index (χ1n) is 7.39. The molecule has 2 aliphatic carbocycles. The summed E-state index contributed by atoms with van der Waals surface area (Å²) in [7, 11) is 0. The molecule has 1 heterocycles. The largest absolute Gasteiger partial charge is 0.464 e. The van der Waals surface area contributed by atoms with Gasteiger partial charge in [-0.15, -0.1) is 0 Å². The van der Waals surface area contributed by atoms with Gasteiger partial charge in [0.25, 0.3) is 0 Å². The van der Waals surface area contributed by atoms with Crippen LogP contribution in [0.5, 0.6) is 0 Å². The van der Waals surface area contributed by atoms with Crippen LogP contribution in [-0.2, 0) is 19.1 Å². The number of amides is 2. The molecule has 1 saturated carbocycles. The van der Waals surface area contributed by atoms with Crippen LogP contribution in [0.1, 0.15) is 19.8 Å². The van der Waals surface area contributed by atoms with Gasteiger partial charge < -0.3 is 9.84 Å². The maximum absolute atomic E-state index is 12.3. The second-order valence-electron chi connectivity index (χ2n) is 6.03. The molecular weight excluding hydrogens is 274 g/mol. The summed E-state index contributed by atoms with van der Waals surface area (Å²) in [4.78, 5) is 37.1. The molecule has 0 aromatic heterocycles. The first kappa shape index (κ1) is 14.3. The molecule has 1 aliphatic heterocycles. The fraction of sp³-hybridized carbons (Fsp3) is 0.667. The van der Waals surface area contributed by atoms with E-state index in [9.17, 15) is 14.4 Å². The molecule has 6 nitrogen and oxygen atoms in total. The lowest BCUT2D eigenvalue weighted by atomic mass is 9.85. The van der Waals surface area contributed by atoms with Gasteiger partial charge in [-0.2, -0.15) is 0 Å². The number of carbonyl (C=O) groups is 3. The lowest BCUT2D eigenvalue weighted by Crippen LogP contribution is -2.34. The lowest BCUT2D eigenvalue weighted by Gasteiger charge is -2.17. The van der Waals surface area contributed by atoms with Gasteiger partial charge in [-0.1, -0.05) is 12.2 Å². The molecule has 2 bridgehead atoms. The Morgan fingerprint density at radius 1 is 1.33 bits per heavy atom. The fourth-order valence-corrected chi connectivity index (χ4v) is 3.70. The summed E-state index contributed by atoms with van der Waals surface area (Å²) in [5.74, 6) is -0.760. The summed E-state index contributed by atoms with van der Waals surface area (Å²) < 4.78 is 4.83. The Balaban J connectivity index is 1.53. The van der Waals surface area contributed by atoms with Crippen LogP contribution in [-0.4, -0.2) is 47.0 Å². The average Bonchev–Trinajstić information content (AvgIpc) is 3.11. The van der Waals surface area contributed by atoms with E-state index in [2.05, 4.69) is 12.2 Å². The molecule has 6 heteroatoms. The van der Waals surface area contributed by atoms with Crippen molar-refractivity contribution in [2.45, 2.75) is 25.9 Å². The molecule has 2 amide bonds. The number of aliphatic hydroxyl groups is 1. The predicted molar refractivity (Wildman–Crippen MR) is 71.7 cm³/mol. The number of aliphatic hydroxyl groups excluding tert-OH is 1. The number of fused-ring (bicyclic) bond motifs is 5. The predicted octanol–water partition coefficient (Wildman–Crippen LogP) is 0.108. The second kappa shape index (κ2) is 5.26. The van der Waals surface area contributed by atoms with Crippen molar-refractivity contribution in [3.63, 3.8) is 0 Å². The third kappa shape index (κ3) is 2.27. The number of imide groups is 1. The van der Waals surface area contributed by atoms with Crippen LogP contribution in [0.3, 0.4) is 0 Å². The molecule has 3 aliphatic rings. The minimum Gasteiger partial charge on any atom is -0.464 e. The molecule has 0 radical (unpaired) electrons. The van der Waals surface area contributed by atoms with Crippen molar-refractivity contribution in [1.82, 2.24) is 4.90 Å². The van der Waals surface area contributed by atoms with Crippen molar-refractivity contribution < 1.29 is 24.2 Å². The number of rotatable bonds is 5. The van der Waals surface area contributed by atoms with Crippen LogP contribution in [0.2, 0.25) is 0 Å². The Bertz CT molecular complexity index is 482. The Kier molecular flexibility index (Phi) is 3.57. The minimum absolute atomic E-state index is 0.0799. The van der Waals surface area contributed by atoms with E-state index in [0.29, 0.717) is 6.42 Å². The second-order valence-corrected chi connectivity index (χ2v) is 6.03. The Morgan fingerprint density at radius 3 is 2.43 bits per heavy atom. The van der Waals surface area contributed by atoms with E-state index in [0.717, 1.165) is 6.42 Å². The molecule has 3 rings (SSSR count). The van der Waals surface area contributed by atoms with Gasteiger partial charge in [0.05, 0.1) is 18.4 Å². The third-order valence-corrected chi connectivity index (χ3v) is 4.67. The molecule has 3 unspecified atom stereocenters. The Labute approximate surface area is 122 Å². The van der Waals surface area contributed by atoms with Gasteiger partial charge in [0.2, 0.25) is 11.8 Å². The van der Waals surface area contributed by atoms with E-state index >= 15 is 0 Å². The normalized spacial score (nSPS) is 34.5. The Morgan fingerprint density at radius 2 is 1.90 bits per heavy atom. The number of hydrogen-bond donors (Lipinski definition) is 1. The van der Waals surface area contributed by atoms with E-state index in [1.165, 1.54) is 11.8 Å². The SMILES string of the molecule is CC(O)C(=O)OCCCN1C(=O)[C@@H]2C3C=CC(C3)[C@@H]2C1=O. The van der Waals surface area contributed by atoms with Crippen LogP contribution in [0, 0.1) is 23.7 Å². The maximum atomic E-state index is 12.3. The monoisotopic (exact) mass is 293 g/mol. The molecule has 0 spiro atoms. The molecule has 1 saturated heterocycles. The van der Waals surface area contributed by atoms with E-state index in [1.807, 2.05) is 0 Å². The smallest absolute Gasteiger partial charge is 0.334 e. The molecule has 1 N–H and O–H groups in total. The number of nitrogens with zero attached hydrogens (tertiary/aromatic N) is 1. The average molecular weight is 293 g/mol. The van der Waals surface area contributed by atoms with Crippen LogP contribution in [0.4, 0.5) is 0 Å². The summed E-state index contributed by atoms with van der Waals surface area (Å²) in [5, 5.41) is 8.99. The summed E-state index contributed by atoms with van der Waals surface area (Å²) >= 11 is 0. The van der Waals surface area contributed by atoms with E-state index in [4.69, 9.17) is 9.84 Å². The fourth-order valence-electron chi connectivity index (χ4n) is 3.70. The van der Waals surface area contributed by atoms with Crippen molar-refractivity contribution >= 4 is 17.8 Å². The van der Waals surface area contributed by atoms with Crippen LogP contribution < -0.4 is 0 Å². The van der Waals surface area contributed by atoms with Gasteiger partial charge in [0, 0.05) is 6.54 Å². The van der Waals surface area contributed by atoms with Gasteiger partial charge in [-0.3, -0.25) is 14.5 Å². The highest BCUT2D eigenvalue weighted by Crippen LogP contribution is 2.52. The standard InChI is InChI=1S/C15H19NO5/c1-8(17)15(20)21-6-2-5-16-13(18)11-9-3-4-10(7-9)12(11)14(16)19/h3-4,8-12,17H,2,5-7H2,1H3/t8?,9?,10?,11-,12+. The van der Waals surface area contributed by atoms with E-state index < -0.39 is 12.1 Å². The quantitative estimate of drug-likeness (QED) is 0.336. The van der Waals surface area contributed by atoms with Crippen LogP contribution >= 0.6 is 0 Å². The van der Waals surface area contributed by atoms with Gasteiger partial charge in [0.1, 0.15) is 6.10 Å². The summed E-state index contributed by atoms with van der Waals surface area (Å²) in [6, 6.07) is 0. The first-order chi connectivity index (χ1) is 10.0. The van der Waals surface area contributed by atoms with Gasteiger partial charge >= 0.3 is 5.97 Å². The Hall–Kier alpha value is -1.69. The first-order valence-corrected chi connectivity index (χ1v) is 7.39. The van der Waals surface area contributed by atoms with Gasteiger partial charge in [-0.25, -0.2) is 4.79 Å². The number of allylic oxidation sites excluding steroid dienone is 2.